The van der Waals surface area contributed by atoms with Crippen molar-refractivity contribution >= 4 is 21.8 Å². The number of hydrogen-bond acceptors (Lipinski definition) is 3. The van der Waals surface area contributed by atoms with Gasteiger partial charge in [0.05, 0.1) is 4.47 Å². The fourth-order valence-electron chi connectivity index (χ4n) is 1.88. The molecule has 2 atom stereocenters. The van der Waals surface area contributed by atoms with Crippen LogP contribution in [0.4, 0.5) is 0 Å². The van der Waals surface area contributed by atoms with Crippen LogP contribution in [0.15, 0.2) is 22.7 Å². The summed E-state index contributed by atoms with van der Waals surface area (Å²) in [6, 6.07) is 5.79. The van der Waals surface area contributed by atoms with Crippen LogP contribution in [-0.2, 0) is 11.3 Å². The van der Waals surface area contributed by atoms with Crippen molar-refractivity contribution in [2.24, 2.45) is 5.73 Å². The summed E-state index contributed by atoms with van der Waals surface area (Å²) in [4.78, 5) is 12.0. The fourth-order valence-corrected chi connectivity index (χ4v) is 2.40. The Bertz CT molecular complexity index is 451. The molecule has 0 fully saturated rings. The minimum Gasteiger partial charge on any atom is -0.480 e. The lowest BCUT2D eigenvalue weighted by Gasteiger charge is -2.19. The van der Waals surface area contributed by atoms with E-state index in [2.05, 4.69) is 28.2 Å². The van der Waals surface area contributed by atoms with E-state index in [0.717, 1.165) is 22.9 Å². The number of ether oxygens (including phenoxy) is 1. The van der Waals surface area contributed by atoms with Crippen LogP contribution in [0.1, 0.15) is 39.2 Å². The standard InChI is InChI=1S/C15H23BrN2O2/c1-4-5-10(2)18-15(19)11(3)20-14-7-6-12(9-17)8-13(14)16/h6-8,10-11H,4-5,9,17H2,1-3H3,(H,18,19). The summed E-state index contributed by atoms with van der Waals surface area (Å²) in [5.74, 6) is 0.550. The van der Waals surface area contributed by atoms with E-state index in [1.807, 2.05) is 25.1 Å². The van der Waals surface area contributed by atoms with Gasteiger partial charge in [0.15, 0.2) is 6.10 Å². The van der Waals surface area contributed by atoms with Gasteiger partial charge in [0, 0.05) is 12.6 Å². The van der Waals surface area contributed by atoms with Gasteiger partial charge >= 0.3 is 0 Å². The van der Waals surface area contributed by atoms with Crippen LogP contribution < -0.4 is 15.8 Å². The number of hydrogen-bond donors (Lipinski definition) is 2. The van der Waals surface area contributed by atoms with Crippen LogP contribution in [0.5, 0.6) is 5.75 Å². The van der Waals surface area contributed by atoms with Crippen LogP contribution in [0.2, 0.25) is 0 Å². The van der Waals surface area contributed by atoms with Gasteiger partial charge < -0.3 is 15.8 Å². The van der Waals surface area contributed by atoms with Crippen molar-refractivity contribution < 1.29 is 9.53 Å². The highest BCUT2D eigenvalue weighted by Crippen LogP contribution is 2.26. The van der Waals surface area contributed by atoms with Crippen LogP contribution in [0.25, 0.3) is 0 Å². The van der Waals surface area contributed by atoms with E-state index in [1.165, 1.54) is 0 Å². The lowest BCUT2D eigenvalue weighted by molar-refractivity contribution is -0.127. The number of rotatable bonds is 7. The summed E-state index contributed by atoms with van der Waals surface area (Å²) in [5, 5.41) is 2.94. The first-order chi connectivity index (χ1) is 9.47. The summed E-state index contributed by atoms with van der Waals surface area (Å²) in [7, 11) is 0. The molecular weight excluding hydrogens is 320 g/mol. The lowest BCUT2D eigenvalue weighted by Crippen LogP contribution is -2.41. The van der Waals surface area contributed by atoms with Gasteiger partial charge in [-0.15, -0.1) is 0 Å². The number of benzene rings is 1. The van der Waals surface area contributed by atoms with Crippen molar-refractivity contribution in [3.8, 4) is 5.75 Å². The average molecular weight is 343 g/mol. The molecule has 112 valence electrons. The van der Waals surface area contributed by atoms with Gasteiger partial charge in [-0.25, -0.2) is 0 Å². The number of carbonyl (C=O) groups is 1. The number of carbonyl (C=O) groups excluding carboxylic acids is 1. The van der Waals surface area contributed by atoms with Gasteiger partial charge in [-0.1, -0.05) is 19.4 Å². The second-order valence-electron chi connectivity index (χ2n) is 4.93. The topological polar surface area (TPSA) is 64.3 Å². The van der Waals surface area contributed by atoms with Gasteiger partial charge in [0.1, 0.15) is 5.75 Å². The maximum Gasteiger partial charge on any atom is 0.260 e. The highest BCUT2D eigenvalue weighted by atomic mass is 79.9. The summed E-state index contributed by atoms with van der Waals surface area (Å²) >= 11 is 3.43. The third kappa shape index (κ3) is 5.13. The first-order valence-corrected chi connectivity index (χ1v) is 7.72. The largest absolute Gasteiger partial charge is 0.480 e. The molecule has 3 N–H and O–H groups in total. The minimum absolute atomic E-state index is 0.0965. The van der Waals surface area contributed by atoms with Crippen molar-refractivity contribution in [3.63, 3.8) is 0 Å². The lowest BCUT2D eigenvalue weighted by atomic mass is 10.2. The number of nitrogens with one attached hydrogen (secondary N) is 1. The van der Waals surface area contributed by atoms with Crippen molar-refractivity contribution in [1.82, 2.24) is 5.32 Å². The van der Waals surface area contributed by atoms with Gasteiger partial charge in [-0.2, -0.15) is 0 Å². The molecule has 0 heterocycles. The molecule has 20 heavy (non-hydrogen) atoms. The predicted octanol–water partition coefficient (Wildman–Crippen LogP) is 2.98. The monoisotopic (exact) mass is 342 g/mol. The van der Waals surface area contributed by atoms with Crippen molar-refractivity contribution in [2.45, 2.75) is 52.3 Å². The zero-order chi connectivity index (χ0) is 15.1. The van der Waals surface area contributed by atoms with Crippen LogP contribution in [-0.4, -0.2) is 18.1 Å². The van der Waals surface area contributed by atoms with Gasteiger partial charge in [0.2, 0.25) is 0 Å². The molecule has 2 unspecified atom stereocenters. The molecule has 1 amide bonds. The highest BCUT2D eigenvalue weighted by molar-refractivity contribution is 9.10. The maximum absolute atomic E-state index is 12.0. The Morgan fingerprint density at radius 2 is 2.15 bits per heavy atom. The van der Waals surface area contributed by atoms with E-state index < -0.39 is 6.10 Å². The SMILES string of the molecule is CCCC(C)NC(=O)C(C)Oc1ccc(CN)cc1Br. The van der Waals surface area contributed by atoms with Crippen molar-refractivity contribution in [2.75, 3.05) is 0 Å². The Hall–Kier alpha value is -1.07. The maximum atomic E-state index is 12.0. The smallest absolute Gasteiger partial charge is 0.260 e. The molecule has 0 radical (unpaired) electrons. The van der Waals surface area contributed by atoms with E-state index in [4.69, 9.17) is 10.5 Å². The molecule has 1 aromatic rings. The number of nitrogens with two attached hydrogens (primary N) is 1. The number of amides is 1. The normalized spacial score (nSPS) is 13.7. The Morgan fingerprint density at radius 1 is 1.45 bits per heavy atom. The van der Waals surface area contributed by atoms with Crippen molar-refractivity contribution in [1.29, 1.82) is 0 Å². The van der Waals surface area contributed by atoms with Gasteiger partial charge in [-0.05, 0) is 53.9 Å². The summed E-state index contributed by atoms with van der Waals surface area (Å²) in [6.07, 6.45) is 1.48. The second-order valence-corrected chi connectivity index (χ2v) is 5.78. The van der Waals surface area contributed by atoms with E-state index in [9.17, 15) is 4.79 Å². The fraction of sp³-hybridized carbons (Fsp3) is 0.533. The summed E-state index contributed by atoms with van der Waals surface area (Å²) < 4.78 is 6.49. The Kier molecular flexibility index (Phi) is 7.02. The molecule has 0 saturated heterocycles. The molecule has 0 spiro atoms. The molecule has 0 aliphatic carbocycles. The second kappa shape index (κ2) is 8.27. The molecule has 0 bridgehead atoms. The predicted molar refractivity (Wildman–Crippen MR) is 84.6 cm³/mol. The van der Waals surface area contributed by atoms with Gasteiger partial charge in [0.25, 0.3) is 5.91 Å². The van der Waals surface area contributed by atoms with Crippen LogP contribution in [0, 0.1) is 0 Å². The molecule has 1 aromatic carbocycles. The molecule has 5 heteroatoms. The first-order valence-electron chi connectivity index (χ1n) is 6.93. The Morgan fingerprint density at radius 3 is 2.70 bits per heavy atom. The van der Waals surface area contributed by atoms with Crippen LogP contribution >= 0.6 is 15.9 Å². The first kappa shape index (κ1) is 17.0. The van der Waals surface area contributed by atoms with Gasteiger partial charge in [-0.3, -0.25) is 4.79 Å². The number of halogens is 1. The summed E-state index contributed by atoms with van der Waals surface area (Å²) in [6.45, 7) is 6.32. The molecule has 0 aliphatic heterocycles. The quantitative estimate of drug-likeness (QED) is 0.800. The van der Waals surface area contributed by atoms with E-state index in [0.29, 0.717) is 12.3 Å². The molecule has 4 nitrogen and oxygen atoms in total. The Labute approximate surface area is 129 Å². The summed E-state index contributed by atoms with van der Waals surface area (Å²) in [5.41, 5.74) is 6.59. The molecule has 0 aliphatic rings. The molecule has 1 rings (SSSR count). The van der Waals surface area contributed by atoms with E-state index in [1.54, 1.807) is 6.92 Å². The molecular formula is C15H23BrN2O2. The van der Waals surface area contributed by atoms with E-state index in [-0.39, 0.29) is 11.9 Å². The average Bonchev–Trinajstić information content (AvgIpc) is 2.41. The van der Waals surface area contributed by atoms with E-state index >= 15 is 0 Å². The minimum atomic E-state index is -0.533. The third-order valence-electron chi connectivity index (χ3n) is 3.02. The molecule has 0 aromatic heterocycles. The van der Waals surface area contributed by atoms with Crippen molar-refractivity contribution in [3.05, 3.63) is 28.2 Å². The Balaban J connectivity index is 2.61. The zero-order valence-corrected chi connectivity index (χ0v) is 13.9. The zero-order valence-electron chi connectivity index (χ0n) is 12.3. The van der Waals surface area contributed by atoms with Crippen LogP contribution in [0.3, 0.4) is 0 Å². The highest BCUT2D eigenvalue weighted by Gasteiger charge is 2.17. The molecule has 0 saturated carbocycles. The third-order valence-corrected chi connectivity index (χ3v) is 3.64.